The van der Waals surface area contributed by atoms with Crippen LogP contribution in [0.3, 0.4) is 0 Å². The molecule has 0 saturated carbocycles. The van der Waals surface area contributed by atoms with E-state index < -0.39 is 0 Å². The summed E-state index contributed by atoms with van der Waals surface area (Å²) in [4.78, 5) is 8.55. The van der Waals surface area contributed by atoms with Crippen molar-refractivity contribution in [2.24, 2.45) is 0 Å². The van der Waals surface area contributed by atoms with E-state index in [0.717, 1.165) is 28.4 Å². The number of hydrogen-bond donors (Lipinski definition) is 0. The SMILES string of the molecule is CC1(C)c2ccccc2-c2cccc(N3c4cc(-c5ccc(N(c6ccccc6)c6ccccc6)s5)ccc4-c4ccc(N(c5ccccc5)c5ccccc5)c5cccc3c45)c21. The average Bonchev–Trinajstić information content (AvgIpc) is 3.92. The van der Waals surface area contributed by atoms with Crippen LogP contribution >= 0.6 is 11.3 Å². The fourth-order valence-electron chi connectivity index (χ4n) is 10.2. The second kappa shape index (κ2) is 14.8. The van der Waals surface area contributed by atoms with Crippen molar-refractivity contribution in [1.82, 2.24) is 0 Å². The van der Waals surface area contributed by atoms with E-state index in [-0.39, 0.29) is 5.41 Å². The number of fused-ring (bicyclic) bond motifs is 5. The maximum atomic E-state index is 2.58. The summed E-state index contributed by atoms with van der Waals surface area (Å²) in [5.41, 5.74) is 18.0. The van der Waals surface area contributed by atoms with E-state index in [0.29, 0.717) is 0 Å². The molecule has 9 aromatic carbocycles. The van der Waals surface area contributed by atoms with Crippen LogP contribution in [0.2, 0.25) is 0 Å². The molecule has 0 N–H and O–H groups in total. The molecule has 1 aliphatic carbocycles. The fourth-order valence-corrected chi connectivity index (χ4v) is 11.3. The molecule has 0 bridgehead atoms. The first kappa shape index (κ1) is 37.1. The van der Waals surface area contributed by atoms with E-state index in [9.17, 15) is 0 Å². The predicted octanol–water partition coefficient (Wildman–Crippen LogP) is 17.3. The highest BCUT2D eigenvalue weighted by atomic mass is 32.1. The molecule has 300 valence electrons. The summed E-state index contributed by atoms with van der Waals surface area (Å²) in [6.07, 6.45) is 0. The smallest absolute Gasteiger partial charge is 0.101 e. The molecule has 2 heterocycles. The minimum absolute atomic E-state index is 0.214. The van der Waals surface area contributed by atoms with Crippen molar-refractivity contribution in [3.05, 3.63) is 236 Å². The van der Waals surface area contributed by atoms with Crippen LogP contribution in [0, 0.1) is 0 Å². The number of nitrogens with zero attached hydrogens (tertiary/aromatic N) is 3. The molecule has 0 saturated heterocycles. The Labute approximate surface area is 373 Å². The quantitative estimate of drug-likeness (QED) is 0.151. The third kappa shape index (κ3) is 5.94. The summed E-state index contributed by atoms with van der Waals surface area (Å²) in [6.45, 7) is 4.79. The fraction of sp³-hybridized carbons (Fsp3) is 0.0508. The lowest BCUT2D eigenvalue weighted by molar-refractivity contribution is 0.661. The minimum Gasteiger partial charge on any atom is -0.310 e. The molecule has 0 amide bonds. The van der Waals surface area contributed by atoms with Gasteiger partial charge in [0.05, 0.1) is 22.7 Å². The van der Waals surface area contributed by atoms with Crippen molar-refractivity contribution in [2.75, 3.05) is 14.7 Å². The lowest BCUT2D eigenvalue weighted by Gasteiger charge is -2.38. The number of para-hydroxylation sites is 4. The van der Waals surface area contributed by atoms with Crippen molar-refractivity contribution in [3.63, 3.8) is 0 Å². The first-order valence-electron chi connectivity index (χ1n) is 21.7. The van der Waals surface area contributed by atoms with Crippen LogP contribution in [0.1, 0.15) is 25.0 Å². The summed E-state index contributed by atoms with van der Waals surface area (Å²) >= 11 is 1.83. The van der Waals surface area contributed by atoms with E-state index in [4.69, 9.17) is 0 Å². The first-order valence-corrected chi connectivity index (χ1v) is 22.5. The summed E-state index contributed by atoms with van der Waals surface area (Å²) < 4.78 is 0. The molecule has 4 heteroatoms. The van der Waals surface area contributed by atoms with Crippen molar-refractivity contribution < 1.29 is 0 Å². The van der Waals surface area contributed by atoms with Gasteiger partial charge in [0.2, 0.25) is 0 Å². The van der Waals surface area contributed by atoms with Gasteiger partial charge in [0.25, 0.3) is 0 Å². The zero-order chi connectivity index (χ0) is 42.1. The maximum Gasteiger partial charge on any atom is 0.101 e. The third-order valence-electron chi connectivity index (χ3n) is 13.0. The number of hydrogen-bond acceptors (Lipinski definition) is 4. The standard InChI is InChI=1S/C59H43N3S/c1-59(2)50-30-16-15-27-45(50)48-28-17-32-53(58(48)59)62-52-31-18-29-49-51(60(41-19-7-3-8-20-41)42-21-9-4-10-22-42)36-35-47(57(49)52)46-34-33-40(39-54(46)62)55-37-38-56(63-55)61(43-23-11-5-12-24-43)44-25-13-6-14-26-44/h3-39H,1-2H3. The highest BCUT2D eigenvalue weighted by Gasteiger charge is 2.40. The van der Waals surface area contributed by atoms with Crippen LogP contribution in [-0.2, 0) is 5.41 Å². The van der Waals surface area contributed by atoms with E-state index >= 15 is 0 Å². The van der Waals surface area contributed by atoms with Gasteiger partial charge in [-0.2, -0.15) is 0 Å². The van der Waals surface area contributed by atoms with E-state index in [1.165, 1.54) is 76.7 Å². The molecule has 0 unspecified atom stereocenters. The van der Waals surface area contributed by atoms with Crippen molar-refractivity contribution >= 4 is 72.6 Å². The van der Waals surface area contributed by atoms with Gasteiger partial charge in [-0.3, -0.25) is 0 Å². The summed E-state index contributed by atoms with van der Waals surface area (Å²) in [6, 6.07) is 81.9. The Morgan fingerprint density at radius 3 is 1.63 bits per heavy atom. The van der Waals surface area contributed by atoms with E-state index in [1.54, 1.807) is 0 Å². The molecule has 0 spiro atoms. The van der Waals surface area contributed by atoms with Crippen LogP contribution in [-0.4, -0.2) is 0 Å². The minimum atomic E-state index is -0.214. The zero-order valence-electron chi connectivity index (χ0n) is 35.1. The van der Waals surface area contributed by atoms with Crippen LogP contribution in [0.4, 0.5) is 50.5 Å². The molecular weight excluding hydrogens is 783 g/mol. The van der Waals surface area contributed by atoms with Crippen molar-refractivity contribution in [2.45, 2.75) is 19.3 Å². The van der Waals surface area contributed by atoms with Gasteiger partial charge >= 0.3 is 0 Å². The Morgan fingerprint density at radius 2 is 0.968 bits per heavy atom. The highest BCUT2D eigenvalue weighted by molar-refractivity contribution is 7.19. The van der Waals surface area contributed by atoms with Crippen LogP contribution in [0.25, 0.3) is 43.5 Å². The normalized spacial score (nSPS) is 13.0. The molecule has 2 aliphatic rings. The third-order valence-corrected chi connectivity index (χ3v) is 14.1. The molecule has 12 rings (SSSR count). The van der Waals surface area contributed by atoms with Crippen molar-refractivity contribution in [3.8, 4) is 32.7 Å². The van der Waals surface area contributed by atoms with Gasteiger partial charge in [0.15, 0.2) is 0 Å². The van der Waals surface area contributed by atoms with Crippen molar-refractivity contribution in [1.29, 1.82) is 0 Å². The van der Waals surface area contributed by atoms with Gasteiger partial charge in [-0.1, -0.05) is 153 Å². The van der Waals surface area contributed by atoms with Crippen LogP contribution < -0.4 is 14.7 Å². The Kier molecular flexibility index (Phi) is 8.70. The molecule has 0 fully saturated rings. The topological polar surface area (TPSA) is 9.72 Å². The molecule has 10 aromatic rings. The largest absolute Gasteiger partial charge is 0.310 e. The summed E-state index contributed by atoms with van der Waals surface area (Å²) in [5, 5.41) is 3.62. The average molecular weight is 826 g/mol. The maximum absolute atomic E-state index is 2.58. The predicted molar refractivity (Wildman–Crippen MR) is 268 cm³/mol. The Morgan fingerprint density at radius 1 is 0.413 bits per heavy atom. The summed E-state index contributed by atoms with van der Waals surface area (Å²) in [7, 11) is 0. The van der Waals surface area contributed by atoms with E-state index in [1.807, 2.05) is 11.3 Å². The monoisotopic (exact) mass is 825 g/mol. The Balaban J connectivity index is 1.08. The van der Waals surface area contributed by atoms with Gasteiger partial charge in [-0.25, -0.2) is 0 Å². The number of benzene rings is 9. The molecule has 0 atom stereocenters. The van der Waals surface area contributed by atoms with Gasteiger partial charge in [0.1, 0.15) is 5.00 Å². The second-order valence-corrected chi connectivity index (χ2v) is 18.0. The van der Waals surface area contributed by atoms with Gasteiger partial charge < -0.3 is 14.7 Å². The molecule has 1 aliphatic heterocycles. The lowest BCUT2D eigenvalue weighted by atomic mass is 9.80. The summed E-state index contributed by atoms with van der Waals surface area (Å²) in [5.74, 6) is 0. The molecule has 0 radical (unpaired) electrons. The van der Waals surface area contributed by atoms with Gasteiger partial charge in [-0.15, -0.1) is 11.3 Å². The molecule has 3 nitrogen and oxygen atoms in total. The molecular formula is C59H43N3S. The number of rotatable bonds is 8. The van der Waals surface area contributed by atoms with Gasteiger partial charge in [0, 0.05) is 49.4 Å². The molecule has 63 heavy (non-hydrogen) atoms. The highest BCUT2D eigenvalue weighted by Crippen LogP contribution is 2.59. The van der Waals surface area contributed by atoms with Gasteiger partial charge in [-0.05, 0) is 118 Å². The van der Waals surface area contributed by atoms with Crippen LogP contribution in [0.15, 0.2) is 224 Å². The van der Waals surface area contributed by atoms with Crippen LogP contribution in [0.5, 0.6) is 0 Å². The van der Waals surface area contributed by atoms with E-state index in [2.05, 4.69) is 253 Å². The number of anilines is 9. The zero-order valence-corrected chi connectivity index (χ0v) is 35.9. The Hall–Kier alpha value is -7.66. The second-order valence-electron chi connectivity index (χ2n) is 16.9. The molecule has 1 aromatic heterocycles. The number of thiophene rings is 1. The first-order chi connectivity index (χ1) is 31.0. The Bertz CT molecular complexity index is 3240. The lowest BCUT2D eigenvalue weighted by Crippen LogP contribution is -2.22.